The molecule has 0 heterocycles. The van der Waals surface area contributed by atoms with Crippen molar-refractivity contribution in [3.63, 3.8) is 0 Å². The van der Waals surface area contributed by atoms with Crippen LogP contribution in [0.25, 0.3) is 0 Å². The zero-order chi connectivity index (χ0) is 29.8. The summed E-state index contributed by atoms with van der Waals surface area (Å²) < 4.78 is 0. The number of unbranched alkanes of at least 4 members (excludes halogenated alkanes) is 24. The number of aliphatic hydroxyl groups excluding tert-OH is 1. The highest BCUT2D eigenvalue weighted by atomic mass is 16.3. The minimum Gasteiger partial charge on any atom is -0.396 e. The van der Waals surface area contributed by atoms with Crippen LogP contribution in [0.2, 0.25) is 0 Å². The van der Waals surface area contributed by atoms with Crippen molar-refractivity contribution in [3.8, 4) is 0 Å². The Morgan fingerprint density at radius 2 is 0.775 bits per heavy atom. The third-order valence-electron chi connectivity index (χ3n) is 7.69. The number of nitrogens with two attached hydrogens (primary N) is 1. The molecule has 240 valence electrons. The standard InChI is InChI=1S/C19H39NO2.C16H33NO/c1-2-3-4-5-6-7-8-9-10-11-12-13-14-16-19(22)20-17-15-18-21;1-2-3-4-5-6-7-8-9-10-11-12-13-14-15-16(17)18/h21H,2-18H2,1H3,(H,20,22);2-15H2,1H3,(H2,17,18). The highest BCUT2D eigenvalue weighted by molar-refractivity contribution is 5.75. The zero-order valence-electron chi connectivity index (χ0n) is 27.3. The van der Waals surface area contributed by atoms with Crippen molar-refractivity contribution in [1.29, 1.82) is 0 Å². The molecular formula is C35H72N2O3. The molecule has 0 atom stereocenters. The fraction of sp³-hybridized carbons (Fsp3) is 0.943. The maximum absolute atomic E-state index is 11.4. The number of rotatable bonds is 31. The minimum atomic E-state index is -0.155. The lowest BCUT2D eigenvalue weighted by molar-refractivity contribution is -0.121. The lowest BCUT2D eigenvalue weighted by atomic mass is 10.0. The summed E-state index contributed by atoms with van der Waals surface area (Å²) >= 11 is 0. The van der Waals surface area contributed by atoms with Gasteiger partial charge in [-0.1, -0.05) is 168 Å². The van der Waals surface area contributed by atoms with Gasteiger partial charge in [-0.2, -0.15) is 0 Å². The van der Waals surface area contributed by atoms with Gasteiger partial charge in [-0.3, -0.25) is 9.59 Å². The van der Waals surface area contributed by atoms with Gasteiger partial charge in [0.15, 0.2) is 0 Å². The number of nitrogens with one attached hydrogen (secondary N) is 1. The highest BCUT2D eigenvalue weighted by Gasteiger charge is 2.00. The highest BCUT2D eigenvalue weighted by Crippen LogP contribution is 2.14. The van der Waals surface area contributed by atoms with Crippen LogP contribution in [0.3, 0.4) is 0 Å². The molecule has 0 saturated heterocycles. The Morgan fingerprint density at radius 1 is 0.475 bits per heavy atom. The summed E-state index contributed by atoms with van der Waals surface area (Å²) in [6.07, 6.45) is 36.6. The summed E-state index contributed by atoms with van der Waals surface area (Å²) in [5.74, 6) is -0.0189. The number of carbonyl (C=O) groups excluding carboxylic acids is 2. The van der Waals surface area contributed by atoms with Crippen molar-refractivity contribution in [2.45, 2.75) is 200 Å². The van der Waals surface area contributed by atoms with Crippen molar-refractivity contribution in [1.82, 2.24) is 5.32 Å². The summed E-state index contributed by atoms with van der Waals surface area (Å²) in [6, 6.07) is 0. The lowest BCUT2D eigenvalue weighted by Crippen LogP contribution is -2.24. The van der Waals surface area contributed by atoms with E-state index in [1.807, 2.05) is 0 Å². The largest absolute Gasteiger partial charge is 0.396 e. The molecular weight excluding hydrogens is 496 g/mol. The second kappa shape index (κ2) is 37.9. The van der Waals surface area contributed by atoms with Gasteiger partial charge in [0.1, 0.15) is 0 Å². The average Bonchev–Trinajstić information content (AvgIpc) is 2.94. The van der Waals surface area contributed by atoms with Crippen LogP contribution >= 0.6 is 0 Å². The number of amides is 2. The predicted octanol–water partition coefficient (Wildman–Crippen LogP) is 9.92. The van der Waals surface area contributed by atoms with Crippen molar-refractivity contribution in [3.05, 3.63) is 0 Å². The second-order valence-corrected chi connectivity index (χ2v) is 11.9. The SMILES string of the molecule is CCCCCCCCCCCCCCCC(=O)NCCCO.CCCCCCCCCCCCCCCC(N)=O. The van der Waals surface area contributed by atoms with Gasteiger partial charge in [0.25, 0.3) is 0 Å². The third-order valence-corrected chi connectivity index (χ3v) is 7.69. The monoisotopic (exact) mass is 569 g/mol. The van der Waals surface area contributed by atoms with E-state index in [0.29, 0.717) is 25.8 Å². The van der Waals surface area contributed by atoms with E-state index >= 15 is 0 Å². The van der Waals surface area contributed by atoms with Crippen LogP contribution < -0.4 is 11.1 Å². The zero-order valence-corrected chi connectivity index (χ0v) is 27.3. The third kappa shape index (κ3) is 41.4. The van der Waals surface area contributed by atoms with Crippen molar-refractivity contribution < 1.29 is 14.7 Å². The Labute approximate surface area is 250 Å². The van der Waals surface area contributed by atoms with Gasteiger partial charge in [0.2, 0.25) is 11.8 Å². The van der Waals surface area contributed by atoms with Crippen LogP contribution in [-0.2, 0) is 9.59 Å². The van der Waals surface area contributed by atoms with Crippen LogP contribution in [0.1, 0.15) is 200 Å². The lowest BCUT2D eigenvalue weighted by Gasteiger charge is -2.04. The maximum Gasteiger partial charge on any atom is 0.219 e. The van der Waals surface area contributed by atoms with Gasteiger partial charge in [-0.25, -0.2) is 0 Å². The van der Waals surface area contributed by atoms with Gasteiger partial charge in [0.05, 0.1) is 0 Å². The van der Waals surface area contributed by atoms with Gasteiger partial charge in [0, 0.05) is 26.0 Å². The number of hydrogen-bond acceptors (Lipinski definition) is 3. The first-order valence-electron chi connectivity index (χ1n) is 17.7. The van der Waals surface area contributed by atoms with Crippen LogP contribution in [0, 0.1) is 0 Å². The Hall–Kier alpha value is -1.10. The summed E-state index contributed by atoms with van der Waals surface area (Å²) in [7, 11) is 0. The maximum atomic E-state index is 11.4. The van der Waals surface area contributed by atoms with E-state index in [1.54, 1.807) is 0 Å². The summed E-state index contributed by atoms with van der Waals surface area (Å²) in [5.41, 5.74) is 5.09. The molecule has 0 aliphatic rings. The Balaban J connectivity index is 0. The van der Waals surface area contributed by atoms with E-state index in [0.717, 1.165) is 12.8 Å². The fourth-order valence-electron chi connectivity index (χ4n) is 5.02. The number of primary amides is 1. The molecule has 0 radical (unpaired) electrons. The first-order valence-corrected chi connectivity index (χ1v) is 17.7. The molecule has 0 spiro atoms. The molecule has 40 heavy (non-hydrogen) atoms. The number of carbonyl (C=O) groups is 2. The van der Waals surface area contributed by atoms with E-state index in [2.05, 4.69) is 19.2 Å². The molecule has 0 unspecified atom stereocenters. The molecule has 0 rings (SSSR count). The predicted molar refractivity (Wildman–Crippen MR) is 175 cm³/mol. The van der Waals surface area contributed by atoms with Crippen molar-refractivity contribution in [2.24, 2.45) is 5.73 Å². The van der Waals surface area contributed by atoms with Gasteiger partial charge in [-0.15, -0.1) is 0 Å². The normalized spacial score (nSPS) is 10.8. The van der Waals surface area contributed by atoms with Crippen LogP contribution in [0.5, 0.6) is 0 Å². The molecule has 4 N–H and O–H groups in total. The molecule has 5 nitrogen and oxygen atoms in total. The van der Waals surface area contributed by atoms with E-state index in [1.165, 1.54) is 154 Å². The van der Waals surface area contributed by atoms with Crippen molar-refractivity contribution in [2.75, 3.05) is 13.2 Å². The molecule has 0 aromatic rings. The first kappa shape index (κ1) is 41.0. The molecule has 0 aliphatic heterocycles. The summed E-state index contributed by atoms with van der Waals surface area (Å²) in [4.78, 5) is 21.9. The average molecular weight is 569 g/mol. The van der Waals surface area contributed by atoms with E-state index in [-0.39, 0.29) is 18.4 Å². The molecule has 0 saturated carbocycles. The Kier molecular flexibility index (Phi) is 38.9. The number of hydrogen-bond donors (Lipinski definition) is 3. The molecule has 0 fully saturated rings. The quantitative estimate of drug-likeness (QED) is 0.0726. The second-order valence-electron chi connectivity index (χ2n) is 11.9. The van der Waals surface area contributed by atoms with Gasteiger partial charge in [-0.05, 0) is 19.3 Å². The van der Waals surface area contributed by atoms with Gasteiger partial charge < -0.3 is 16.2 Å². The molecule has 0 aliphatic carbocycles. The molecule has 5 heteroatoms. The summed E-state index contributed by atoms with van der Waals surface area (Å²) in [6.45, 7) is 5.29. The Bertz CT molecular complexity index is 499. The number of aliphatic hydroxyl groups is 1. The smallest absolute Gasteiger partial charge is 0.219 e. The van der Waals surface area contributed by atoms with Crippen LogP contribution in [0.4, 0.5) is 0 Å². The van der Waals surface area contributed by atoms with Crippen molar-refractivity contribution >= 4 is 11.8 Å². The van der Waals surface area contributed by atoms with Crippen LogP contribution in [0.15, 0.2) is 0 Å². The van der Waals surface area contributed by atoms with E-state index in [9.17, 15) is 9.59 Å². The minimum absolute atomic E-state index is 0.136. The van der Waals surface area contributed by atoms with E-state index in [4.69, 9.17) is 10.8 Å². The molecule has 0 aromatic carbocycles. The summed E-state index contributed by atoms with van der Waals surface area (Å²) in [5, 5.41) is 11.5. The van der Waals surface area contributed by atoms with Gasteiger partial charge >= 0.3 is 0 Å². The van der Waals surface area contributed by atoms with E-state index < -0.39 is 0 Å². The molecule has 0 aromatic heterocycles. The topological polar surface area (TPSA) is 92.4 Å². The fourth-order valence-corrected chi connectivity index (χ4v) is 5.02. The van der Waals surface area contributed by atoms with Crippen LogP contribution in [-0.4, -0.2) is 30.1 Å². The molecule has 0 bridgehead atoms. The Morgan fingerprint density at radius 3 is 1.07 bits per heavy atom. The molecule has 2 amide bonds. The first-order chi connectivity index (χ1) is 19.6.